The summed E-state index contributed by atoms with van der Waals surface area (Å²) in [5.74, 6) is -1.13. The Balaban J connectivity index is 0.000001000. The Morgan fingerprint density at radius 3 is 2.73 bits per heavy atom. The summed E-state index contributed by atoms with van der Waals surface area (Å²) in [5, 5.41) is 12.3. The van der Waals surface area contributed by atoms with E-state index in [1.807, 2.05) is 16.8 Å². The van der Waals surface area contributed by atoms with Gasteiger partial charge in [0.05, 0.1) is 5.92 Å². The van der Waals surface area contributed by atoms with Gasteiger partial charge in [0, 0.05) is 0 Å². The van der Waals surface area contributed by atoms with Crippen molar-refractivity contribution in [3.8, 4) is 0 Å². The van der Waals surface area contributed by atoms with E-state index in [-0.39, 0.29) is 18.3 Å². The van der Waals surface area contributed by atoms with Gasteiger partial charge in [0.15, 0.2) is 0 Å². The van der Waals surface area contributed by atoms with Gasteiger partial charge < -0.3 is 5.11 Å². The summed E-state index contributed by atoms with van der Waals surface area (Å²) in [7, 11) is 0. The fourth-order valence-corrected chi connectivity index (χ4v) is 1.42. The van der Waals surface area contributed by atoms with Gasteiger partial charge in [-0.25, -0.2) is 0 Å². The minimum atomic E-state index is -0.765. The molecule has 1 atom stereocenters. The second-order valence-corrected chi connectivity index (χ2v) is 2.90. The Hall–Kier alpha value is -0.540. The maximum absolute atomic E-state index is 10.4. The van der Waals surface area contributed by atoms with Crippen molar-refractivity contribution in [1.29, 1.82) is 0 Å². The summed E-state index contributed by atoms with van der Waals surface area (Å²) in [6, 6.07) is 1.84. The molecule has 0 aliphatic carbocycles. The van der Waals surface area contributed by atoms with E-state index >= 15 is 0 Å². The third-order valence-electron chi connectivity index (χ3n) is 1.41. The Morgan fingerprint density at radius 2 is 2.36 bits per heavy atom. The molecule has 0 aliphatic rings. The molecule has 11 heavy (non-hydrogen) atoms. The van der Waals surface area contributed by atoms with Crippen molar-refractivity contribution in [2.24, 2.45) is 0 Å². The summed E-state index contributed by atoms with van der Waals surface area (Å²) >= 11 is 1.52. The lowest BCUT2D eigenvalue weighted by atomic mass is 10.1. The summed E-state index contributed by atoms with van der Waals surface area (Å²) in [4.78, 5) is 10.4. The highest BCUT2D eigenvalue weighted by atomic mass is 35.5. The van der Waals surface area contributed by atoms with E-state index in [1.165, 1.54) is 11.3 Å². The Bertz CT molecular complexity index is 220. The van der Waals surface area contributed by atoms with Gasteiger partial charge >= 0.3 is 5.97 Å². The monoisotopic (exact) mass is 192 g/mol. The zero-order valence-electron chi connectivity index (χ0n) is 5.98. The minimum Gasteiger partial charge on any atom is -0.481 e. The third-order valence-corrected chi connectivity index (χ3v) is 2.12. The van der Waals surface area contributed by atoms with Gasteiger partial charge in [0.25, 0.3) is 0 Å². The van der Waals surface area contributed by atoms with Crippen molar-refractivity contribution in [2.75, 3.05) is 0 Å². The van der Waals surface area contributed by atoms with Gasteiger partial charge in [-0.1, -0.05) is 0 Å². The summed E-state index contributed by atoms with van der Waals surface area (Å²) in [5.41, 5.74) is 0.887. The van der Waals surface area contributed by atoms with E-state index in [0.717, 1.165) is 5.56 Å². The normalized spacial score (nSPS) is 11.7. The van der Waals surface area contributed by atoms with Crippen molar-refractivity contribution in [1.82, 2.24) is 0 Å². The van der Waals surface area contributed by atoms with Crippen LogP contribution in [-0.2, 0) is 4.79 Å². The zero-order valence-corrected chi connectivity index (χ0v) is 7.61. The van der Waals surface area contributed by atoms with Crippen molar-refractivity contribution in [2.45, 2.75) is 12.8 Å². The van der Waals surface area contributed by atoms with Gasteiger partial charge in [-0.3, -0.25) is 4.79 Å². The van der Waals surface area contributed by atoms with Crippen molar-refractivity contribution in [3.63, 3.8) is 0 Å². The standard InChI is InChI=1S/C7H8O2S.ClH/c1-5(7(8)9)6-2-3-10-4-6;/h2-5H,1H3,(H,8,9);1H. The van der Waals surface area contributed by atoms with Gasteiger partial charge in [-0.05, 0) is 29.3 Å². The van der Waals surface area contributed by atoms with Crippen LogP contribution in [0.3, 0.4) is 0 Å². The largest absolute Gasteiger partial charge is 0.481 e. The Kier molecular flexibility index (Phi) is 4.15. The predicted octanol–water partition coefficient (Wildman–Crippen LogP) is 2.36. The molecule has 0 radical (unpaired) electrons. The molecule has 1 rings (SSSR count). The number of carboxylic acids is 1. The molecule has 1 N–H and O–H groups in total. The molecule has 0 saturated carbocycles. The highest BCUT2D eigenvalue weighted by molar-refractivity contribution is 7.08. The lowest BCUT2D eigenvalue weighted by Gasteiger charge is -2.00. The molecule has 0 saturated heterocycles. The first-order valence-corrected chi connectivity index (χ1v) is 3.91. The highest BCUT2D eigenvalue weighted by Crippen LogP contribution is 2.17. The van der Waals surface area contributed by atoms with Crippen LogP contribution in [-0.4, -0.2) is 11.1 Å². The average molecular weight is 193 g/mol. The van der Waals surface area contributed by atoms with E-state index < -0.39 is 5.97 Å². The number of carboxylic acid groups (broad SMARTS) is 1. The molecule has 4 heteroatoms. The maximum Gasteiger partial charge on any atom is 0.310 e. The van der Waals surface area contributed by atoms with Gasteiger partial charge in [-0.2, -0.15) is 11.3 Å². The fourth-order valence-electron chi connectivity index (χ4n) is 0.664. The van der Waals surface area contributed by atoms with Gasteiger partial charge in [0.2, 0.25) is 0 Å². The maximum atomic E-state index is 10.4. The minimum absolute atomic E-state index is 0. The molecule has 0 amide bonds. The summed E-state index contributed by atoms with van der Waals surface area (Å²) in [6.07, 6.45) is 0. The molecule has 0 aliphatic heterocycles. The number of aliphatic carboxylic acids is 1. The topological polar surface area (TPSA) is 37.3 Å². The Labute approximate surface area is 75.3 Å². The van der Waals surface area contributed by atoms with Crippen molar-refractivity contribution >= 4 is 29.7 Å². The number of halogens is 1. The molecule has 0 fully saturated rings. The predicted molar refractivity (Wildman–Crippen MR) is 47.6 cm³/mol. The number of hydrogen-bond donors (Lipinski definition) is 1. The van der Waals surface area contributed by atoms with Crippen LogP contribution in [0.25, 0.3) is 0 Å². The molecule has 1 unspecified atom stereocenters. The zero-order chi connectivity index (χ0) is 7.56. The third kappa shape index (κ3) is 2.52. The molecular formula is C7H9ClO2S. The lowest BCUT2D eigenvalue weighted by molar-refractivity contribution is -0.138. The Morgan fingerprint density at radius 1 is 1.73 bits per heavy atom. The van der Waals surface area contributed by atoms with Crippen LogP contribution >= 0.6 is 23.7 Å². The first kappa shape index (κ1) is 10.5. The summed E-state index contributed by atoms with van der Waals surface area (Å²) in [6.45, 7) is 1.68. The molecule has 0 aromatic carbocycles. The smallest absolute Gasteiger partial charge is 0.310 e. The van der Waals surface area contributed by atoms with E-state index in [0.29, 0.717) is 0 Å². The van der Waals surface area contributed by atoms with Crippen LogP contribution in [0.2, 0.25) is 0 Å². The molecule has 1 heterocycles. The second kappa shape index (κ2) is 4.36. The van der Waals surface area contributed by atoms with Crippen molar-refractivity contribution in [3.05, 3.63) is 22.4 Å². The van der Waals surface area contributed by atoms with Crippen LogP contribution < -0.4 is 0 Å². The van der Waals surface area contributed by atoms with E-state index in [1.54, 1.807) is 6.92 Å². The van der Waals surface area contributed by atoms with Crippen LogP contribution in [0.15, 0.2) is 16.8 Å². The van der Waals surface area contributed by atoms with Crippen LogP contribution in [0.1, 0.15) is 18.4 Å². The molecule has 1 aromatic heterocycles. The summed E-state index contributed by atoms with van der Waals surface area (Å²) < 4.78 is 0. The molecule has 0 spiro atoms. The van der Waals surface area contributed by atoms with E-state index in [4.69, 9.17) is 5.11 Å². The van der Waals surface area contributed by atoms with Crippen molar-refractivity contribution < 1.29 is 9.90 Å². The molecule has 1 aromatic rings. The lowest BCUT2D eigenvalue weighted by Crippen LogP contribution is -2.05. The van der Waals surface area contributed by atoms with Crippen LogP contribution in [0, 0.1) is 0 Å². The molecule has 0 bridgehead atoms. The highest BCUT2D eigenvalue weighted by Gasteiger charge is 2.12. The van der Waals surface area contributed by atoms with Gasteiger partial charge in [0.1, 0.15) is 0 Å². The van der Waals surface area contributed by atoms with E-state index in [2.05, 4.69) is 0 Å². The van der Waals surface area contributed by atoms with E-state index in [9.17, 15) is 4.79 Å². The molecule has 2 nitrogen and oxygen atoms in total. The second-order valence-electron chi connectivity index (χ2n) is 2.12. The molecular weight excluding hydrogens is 184 g/mol. The van der Waals surface area contributed by atoms with Crippen LogP contribution in [0.5, 0.6) is 0 Å². The number of thiophene rings is 1. The first-order valence-electron chi connectivity index (χ1n) is 2.96. The fraction of sp³-hybridized carbons (Fsp3) is 0.286. The SMILES string of the molecule is CC(C(=O)O)c1ccsc1.Cl. The van der Waals surface area contributed by atoms with Gasteiger partial charge in [-0.15, -0.1) is 12.4 Å². The molecule has 62 valence electrons. The first-order chi connectivity index (χ1) is 4.72. The average Bonchev–Trinajstić information content (AvgIpc) is 2.36. The number of rotatable bonds is 2. The number of carbonyl (C=O) groups is 1. The quantitative estimate of drug-likeness (QED) is 0.781. The van der Waals surface area contributed by atoms with Crippen LogP contribution in [0.4, 0.5) is 0 Å². The number of hydrogen-bond acceptors (Lipinski definition) is 2.